The maximum absolute atomic E-state index is 12.5. The van der Waals surface area contributed by atoms with Gasteiger partial charge in [0.05, 0.1) is 17.0 Å². The van der Waals surface area contributed by atoms with Gasteiger partial charge in [0.1, 0.15) is 5.75 Å². The van der Waals surface area contributed by atoms with Crippen molar-refractivity contribution in [3.63, 3.8) is 0 Å². The molecule has 2 aromatic carbocycles. The lowest BCUT2D eigenvalue weighted by Gasteiger charge is -2.11. The van der Waals surface area contributed by atoms with Gasteiger partial charge in [-0.1, -0.05) is 30.3 Å². The first-order chi connectivity index (χ1) is 10.1. The Balaban J connectivity index is 1.96. The van der Waals surface area contributed by atoms with Crippen LogP contribution in [0.5, 0.6) is 5.75 Å². The summed E-state index contributed by atoms with van der Waals surface area (Å²) in [5.41, 5.74) is 2.70. The molecule has 0 radical (unpaired) electrons. The number of amides is 1. The Bertz CT molecular complexity index is 748. The number of hydrogen-bond acceptors (Lipinski definition) is 3. The molecule has 1 amide bonds. The van der Waals surface area contributed by atoms with Crippen LogP contribution in [0.15, 0.2) is 65.3 Å². The zero-order valence-corrected chi connectivity index (χ0v) is 11.5. The number of aromatic hydroxyl groups is 1. The fraction of sp³-hybridized carbons (Fsp3) is 0.0588. The molecule has 104 valence electrons. The van der Waals surface area contributed by atoms with Gasteiger partial charge in [0.2, 0.25) is 0 Å². The molecule has 4 heteroatoms. The predicted molar refractivity (Wildman–Crippen MR) is 83.1 cm³/mol. The summed E-state index contributed by atoms with van der Waals surface area (Å²) in [5.74, 6) is 0.00588. The molecular weight excluding hydrogens is 264 g/mol. The lowest BCUT2D eigenvalue weighted by atomic mass is 10.1. The van der Waals surface area contributed by atoms with Gasteiger partial charge in [-0.3, -0.25) is 4.79 Å². The van der Waals surface area contributed by atoms with Crippen LogP contribution in [0.1, 0.15) is 12.5 Å². The molecule has 1 N–H and O–H groups in total. The summed E-state index contributed by atoms with van der Waals surface area (Å²) < 4.78 is 0. The third-order valence-electron chi connectivity index (χ3n) is 3.24. The molecule has 0 unspecified atom stereocenters. The van der Waals surface area contributed by atoms with Crippen LogP contribution in [0, 0.1) is 0 Å². The van der Waals surface area contributed by atoms with Gasteiger partial charge in [0.25, 0.3) is 5.91 Å². The zero-order valence-electron chi connectivity index (χ0n) is 11.5. The van der Waals surface area contributed by atoms with Crippen LogP contribution >= 0.6 is 0 Å². The van der Waals surface area contributed by atoms with Crippen molar-refractivity contribution in [2.24, 2.45) is 5.10 Å². The highest BCUT2D eigenvalue weighted by Gasteiger charge is 2.28. The second-order valence-electron chi connectivity index (χ2n) is 4.79. The molecule has 1 aliphatic heterocycles. The monoisotopic (exact) mass is 278 g/mol. The first kappa shape index (κ1) is 13.1. The molecular formula is C17H14N2O2. The molecule has 3 rings (SSSR count). The Morgan fingerprint density at radius 3 is 2.57 bits per heavy atom. The topological polar surface area (TPSA) is 52.9 Å². The SMILES string of the molecule is CC1=NN(c2ccccc2)C(=O)/C1=C/c1cccc(O)c1. The summed E-state index contributed by atoms with van der Waals surface area (Å²) in [5, 5.41) is 15.2. The van der Waals surface area contributed by atoms with Crippen LogP contribution in [-0.4, -0.2) is 16.7 Å². The molecule has 21 heavy (non-hydrogen) atoms. The van der Waals surface area contributed by atoms with Gasteiger partial charge in [-0.05, 0) is 42.8 Å². The van der Waals surface area contributed by atoms with E-state index in [1.165, 1.54) is 5.01 Å². The normalized spacial score (nSPS) is 16.4. The summed E-state index contributed by atoms with van der Waals surface area (Å²) in [6.07, 6.45) is 1.74. The van der Waals surface area contributed by atoms with E-state index in [-0.39, 0.29) is 11.7 Å². The number of carbonyl (C=O) groups excluding carboxylic acids is 1. The Morgan fingerprint density at radius 1 is 1.10 bits per heavy atom. The van der Waals surface area contributed by atoms with Crippen LogP contribution in [0.3, 0.4) is 0 Å². The molecule has 0 fully saturated rings. The Labute approximate surface area is 122 Å². The van der Waals surface area contributed by atoms with Crippen LogP contribution in [0.4, 0.5) is 5.69 Å². The van der Waals surface area contributed by atoms with E-state index in [2.05, 4.69) is 5.10 Å². The van der Waals surface area contributed by atoms with Crippen LogP contribution in [0.2, 0.25) is 0 Å². The second-order valence-corrected chi connectivity index (χ2v) is 4.79. The summed E-state index contributed by atoms with van der Waals surface area (Å²) in [4.78, 5) is 12.5. The number of nitrogens with zero attached hydrogens (tertiary/aromatic N) is 2. The van der Waals surface area contributed by atoms with Crippen molar-refractivity contribution in [2.75, 3.05) is 5.01 Å². The lowest BCUT2D eigenvalue weighted by molar-refractivity contribution is -0.114. The van der Waals surface area contributed by atoms with Crippen molar-refractivity contribution in [3.05, 3.63) is 65.7 Å². The number of carbonyl (C=O) groups is 1. The molecule has 0 atom stereocenters. The smallest absolute Gasteiger partial charge is 0.280 e. The van der Waals surface area contributed by atoms with Gasteiger partial charge in [-0.25, -0.2) is 0 Å². The van der Waals surface area contributed by atoms with E-state index in [1.807, 2.05) is 36.4 Å². The van der Waals surface area contributed by atoms with Crippen molar-refractivity contribution >= 4 is 23.4 Å². The number of anilines is 1. The number of benzene rings is 2. The third kappa shape index (κ3) is 2.56. The van der Waals surface area contributed by atoms with Gasteiger partial charge in [0.15, 0.2) is 0 Å². The van der Waals surface area contributed by atoms with Crippen molar-refractivity contribution < 1.29 is 9.90 Å². The van der Waals surface area contributed by atoms with E-state index in [4.69, 9.17) is 0 Å². The van der Waals surface area contributed by atoms with Crippen molar-refractivity contribution in [3.8, 4) is 5.75 Å². The number of phenolic OH excluding ortho intramolecular Hbond substituents is 1. The molecule has 0 aromatic heterocycles. The van der Waals surface area contributed by atoms with Gasteiger partial charge < -0.3 is 5.11 Å². The van der Waals surface area contributed by atoms with Crippen molar-refractivity contribution in [1.29, 1.82) is 0 Å². The molecule has 0 aliphatic carbocycles. The van der Waals surface area contributed by atoms with E-state index in [1.54, 1.807) is 31.2 Å². The number of rotatable bonds is 2. The van der Waals surface area contributed by atoms with E-state index < -0.39 is 0 Å². The maximum Gasteiger partial charge on any atom is 0.280 e. The van der Waals surface area contributed by atoms with E-state index in [0.29, 0.717) is 11.3 Å². The van der Waals surface area contributed by atoms with Crippen molar-refractivity contribution in [2.45, 2.75) is 6.92 Å². The number of phenols is 1. The number of para-hydroxylation sites is 1. The predicted octanol–water partition coefficient (Wildman–Crippen LogP) is 3.20. The highest BCUT2D eigenvalue weighted by atomic mass is 16.3. The molecule has 4 nitrogen and oxygen atoms in total. The third-order valence-corrected chi connectivity index (χ3v) is 3.24. The Kier molecular flexibility index (Phi) is 3.28. The quantitative estimate of drug-likeness (QED) is 0.858. The molecule has 0 saturated carbocycles. The molecule has 0 bridgehead atoms. The van der Waals surface area contributed by atoms with Crippen LogP contribution in [0.25, 0.3) is 6.08 Å². The second kappa shape index (κ2) is 5.25. The number of hydrogen-bond donors (Lipinski definition) is 1. The highest BCUT2D eigenvalue weighted by Crippen LogP contribution is 2.25. The molecule has 1 heterocycles. The van der Waals surface area contributed by atoms with Gasteiger partial charge in [-0.2, -0.15) is 10.1 Å². The Hall–Kier alpha value is -2.88. The summed E-state index contributed by atoms with van der Waals surface area (Å²) in [7, 11) is 0. The standard InChI is InChI=1S/C17H14N2O2/c1-12-16(11-13-6-5-9-15(20)10-13)17(21)19(18-12)14-7-3-2-4-8-14/h2-11,20H,1H3/b16-11+. The first-order valence-electron chi connectivity index (χ1n) is 6.61. The van der Waals surface area contributed by atoms with Crippen LogP contribution < -0.4 is 5.01 Å². The average molecular weight is 278 g/mol. The molecule has 2 aromatic rings. The van der Waals surface area contributed by atoms with Crippen molar-refractivity contribution in [1.82, 2.24) is 0 Å². The average Bonchev–Trinajstić information content (AvgIpc) is 2.76. The summed E-state index contributed by atoms with van der Waals surface area (Å²) >= 11 is 0. The minimum atomic E-state index is -0.165. The highest BCUT2D eigenvalue weighted by molar-refractivity contribution is 6.32. The molecule has 0 saturated heterocycles. The fourth-order valence-electron chi connectivity index (χ4n) is 2.21. The zero-order chi connectivity index (χ0) is 14.8. The minimum Gasteiger partial charge on any atom is -0.508 e. The summed E-state index contributed by atoms with van der Waals surface area (Å²) in [6.45, 7) is 1.80. The minimum absolute atomic E-state index is 0.165. The Morgan fingerprint density at radius 2 is 1.86 bits per heavy atom. The maximum atomic E-state index is 12.5. The largest absolute Gasteiger partial charge is 0.508 e. The van der Waals surface area contributed by atoms with Gasteiger partial charge in [-0.15, -0.1) is 0 Å². The van der Waals surface area contributed by atoms with Crippen LogP contribution in [-0.2, 0) is 4.79 Å². The van der Waals surface area contributed by atoms with Gasteiger partial charge >= 0.3 is 0 Å². The van der Waals surface area contributed by atoms with E-state index in [0.717, 1.165) is 11.3 Å². The lowest BCUT2D eigenvalue weighted by Crippen LogP contribution is -2.21. The number of hydrazone groups is 1. The molecule has 0 spiro atoms. The van der Waals surface area contributed by atoms with E-state index >= 15 is 0 Å². The fourth-order valence-corrected chi connectivity index (χ4v) is 2.21. The van der Waals surface area contributed by atoms with E-state index in [9.17, 15) is 9.90 Å². The van der Waals surface area contributed by atoms with Gasteiger partial charge in [0, 0.05) is 0 Å². The first-order valence-corrected chi connectivity index (χ1v) is 6.61. The molecule has 1 aliphatic rings. The summed E-state index contributed by atoms with van der Waals surface area (Å²) in [6, 6.07) is 16.1.